The lowest BCUT2D eigenvalue weighted by Gasteiger charge is -2.02. The summed E-state index contributed by atoms with van der Waals surface area (Å²) in [5.41, 5.74) is 4.39. The van der Waals surface area contributed by atoms with Crippen LogP contribution in [-0.2, 0) is 4.79 Å². The van der Waals surface area contributed by atoms with Crippen LogP contribution in [0.1, 0.15) is 5.56 Å². The molecule has 1 amide bonds. The number of nitrogens with one attached hydrogen (secondary N) is 1. The number of benzene rings is 2. The third kappa shape index (κ3) is 4.40. The molecule has 0 aliphatic rings. The average Bonchev–Trinajstić information content (AvgIpc) is 2.61. The number of carbonyl (C=O) groups excluding carboxylic acids is 1. The molecule has 0 radical (unpaired) electrons. The number of rotatable bonds is 5. The van der Waals surface area contributed by atoms with Gasteiger partial charge >= 0.3 is 0 Å². The predicted molar refractivity (Wildman–Crippen MR) is 94.6 cm³/mol. The summed E-state index contributed by atoms with van der Waals surface area (Å²) in [7, 11) is 0. The molecule has 2 aromatic carbocycles. The van der Waals surface area contributed by atoms with Gasteiger partial charge in [0, 0.05) is 5.39 Å². The minimum atomic E-state index is -0.155. The van der Waals surface area contributed by atoms with Gasteiger partial charge in [-0.3, -0.25) is 4.79 Å². The van der Waals surface area contributed by atoms with Crippen molar-refractivity contribution >= 4 is 34.8 Å². The molecule has 3 aromatic rings. The van der Waals surface area contributed by atoms with Crippen LogP contribution in [0.4, 0.5) is 0 Å². The van der Waals surface area contributed by atoms with Crippen LogP contribution in [0, 0.1) is 0 Å². The van der Waals surface area contributed by atoms with Gasteiger partial charge in [-0.25, -0.2) is 10.4 Å². The van der Waals surface area contributed by atoms with Crippen molar-refractivity contribution in [1.29, 1.82) is 0 Å². The molecule has 0 spiro atoms. The van der Waals surface area contributed by atoms with Crippen LogP contribution in [0.15, 0.2) is 76.9 Å². The molecule has 0 atom stereocenters. The molecule has 0 saturated carbocycles. The van der Waals surface area contributed by atoms with Gasteiger partial charge in [0.15, 0.2) is 0 Å². The standard InChI is InChI=1S/C18H15N3OS/c22-17(21-19-12-14-6-2-1-3-7-14)13-23-18-11-10-15-8-4-5-9-16(15)20-18/h1-12H,13H2,(H,21,22)/b19-12-. The summed E-state index contributed by atoms with van der Waals surface area (Å²) in [5.74, 6) is 0.120. The number of hydrogen-bond acceptors (Lipinski definition) is 4. The summed E-state index contributed by atoms with van der Waals surface area (Å²) in [6, 6.07) is 21.5. The molecular weight excluding hydrogens is 306 g/mol. The van der Waals surface area contributed by atoms with Crippen molar-refractivity contribution in [2.75, 3.05) is 5.75 Å². The number of hydrazone groups is 1. The molecule has 4 nitrogen and oxygen atoms in total. The van der Waals surface area contributed by atoms with Crippen LogP contribution in [0.25, 0.3) is 10.9 Å². The number of fused-ring (bicyclic) bond motifs is 1. The SMILES string of the molecule is O=C(CSc1ccc2ccccc2n1)N/N=C\c1ccccc1. The zero-order valence-corrected chi connectivity index (χ0v) is 13.2. The maximum Gasteiger partial charge on any atom is 0.250 e. The lowest BCUT2D eigenvalue weighted by atomic mass is 10.2. The van der Waals surface area contributed by atoms with Gasteiger partial charge in [-0.15, -0.1) is 0 Å². The van der Waals surface area contributed by atoms with Gasteiger partial charge in [-0.1, -0.05) is 66.4 Å². The van der Waals surface area contributed by atoms with Crippen LogP contribution >= 0.6 is 11.8 Å². The van der Waals surface area contributed by atoms with Crippen LogP contribution in [-0.4, -0.2) is 22.9 Å². The minimum absolute atomic E-state index is 0.155. The minimum Gasteiger partial charge on any atom is -0.272 e. The highest BCUT2D eigenvalue weighted by Crippen LogP contribution is 2.19. The van der Waals surface area contributed by atoms with Gasteiger partial charge in [0.2, 0.25) is 5.91 Å². The van der Waals surface area contributed by atoms with E-state index < -0.39 is 0 Å². The van der Waals surface area contributed by atoms with Gasteiger partial charge in [0.25, 0.3) is 0 Å². The van der Waals surface area contributed by atoms with E-state index in [1.165, 1.54) is 11.8 Å². The lowest BCUT2D eigenvalue weighted by Crippen LogP contribution is -2.19. The first-order valence-electron chi connectivity index (χ1n) is 7.17. The van der Waals surface area contributed by atoms with Crippen molar-refractivity contribution in [1.82, 2.24) is 10.4 Å². The topological polar surface area (TPSA) is 54.4 Å². The highest BCUT2D eigenvalue weighted by Gasteiger charge is 2.03. The quantitative estimate of drug-likeness (QED) is 0.445. The highest BCUT2D eigenvalue weighted by atomic mass is 32.2. The second kappa shape index (κ2) is 7.56. The Morgan fingerprint density at radius 3 is 2.70 bits per heavy atom. The Morgan fingerprint density at radius 2 is 1.83 bits per heavy atom. The maximum atomic E-state index is 11.8. The Balaban J connectivity index is 1.52. The number of amides is 1. The number of hydrogen-bond donors (Lipinski definition) is 1. The zero-order valence-electron chi connectivity index (χ0n) is 12.3. The molecule has 3 rings (SSSR count). The van der Waals surface area contributed by atoms with Crippen molar-refractivity contribution in [2.24, 2.45) is 5.10 Å². The second-order valence-corrected chi connectivity index (χ2v) is 5.83. The van der Waals surface area contributed by atoms with E-state index in [4.69, 9.17) is 0 Å². The maximum absolute atomic E-state index is 11.8. The molecule has 5 heteroatoms. The van der Waals surface area contributed by atoms with Gasteiger partial charge in [0.05, 0.1) is 22.5 Å². The van der Waals surface area contributed by atoms with E-state index in [0.29, 0.717) is 0 Å². The van der Waals surface area contributed by atoms with Gasteiger partial charge < -0.3 is 0 Å². The van der Waals surface area contributed by atoms with Crippen LogP contribution < -0.4 is 5.43 Å². The molecule has 0 fully saturated rings. The number of aromatic nitrogens is 1. The van der Waals surface area contributed by atoms with Gasteiger partial charge in [0.1, 0.15) is 0 Å². The predicted octanol–water partition coefficient (Wildman–Crippen LogP) is 3.48. The van der Waals surface area contributed by atoms with E-state index in [1.807, 2.05) is 66.7 Å². The summed E-state index contributed by atoms with van der Waals surface area (Å²) in [6.45, 7) is 0. The molecule has 23 heavy (non-hydrogen) atoms. The summed E-state index contributed by atoms with van der Waals surface area (Å²) in [5, 5.41) is 5.86. The van der Waals surface area contributed by atoms with E-state index in [-0.39, 0.29) is 11.7 Å². The fourth-order valence-corrected chi connectivity index (χ4v) is 2.69. The second-order valence-electron chi connectivity index (χ2n) is 4.83. The molecule has 0 aliphatic carbocycles. The summed E-state index contributed by atoms with van der Waals surface area (Å²) in [4.78, 5) is 16.3. The number of nitrogens with zero attached hydrogens (tertiary/aromatic N) is 2. The third-order valence-electron chi connectivity index (χ3n) is 3.13. The van der Waals surface area contributed by atoms with E-state index in [0.717, 1.165) is 21.5 Å². The van der Waals surface area contributed by atoms with Gasteiger partial charge in [-0.05, 0) is 17.7 Å². The highest BCUT2D eigenvalue weighted by molar-refractivity contribution is 7.99. The fourth-order valence-electron chi connectivity index (χ4n) is 2.02. The molecule has 0 saturated heterocycles. The number of pyridine rings is 1. The van der Waals surface area contributed by atoms with Crippen LogP contribution in [0.5, 0.6) is 0 Å². The number of thioether (sulfide) groups is 1. The van der Waals surface area contributed by atoms with E-state index >= 15 is 0 Å². The van der Waals surface area contributed by atoms with E-state index in [2.05, 4.69) is 15.5 Å². The largest absolute Gasteiger partial charge is 0.272 e. The first kappa shape index (κ1) is 15.2. The molecular formula is C18H15N3OS. The van der Waals surface area contributed by atoms with Crippen molar-refractivity contribution < 1.29 is 4.79 Å². The van der Waals surface area contributed by atoms with E-state index in [9.17, 15) is 4.79 Å². The van der Waals surface area contributed by atoms with Crippen molar-refractivity contribution in [3.05, 3.63) is 72.3 Å². The number of carbonyl (C=O) groups is 1. The molecule has 0 unspecified atom stereocenters. The molecule has 0 aliphatic heterocycles. The average molecular weight is 321 g/mol. The smallest absolute Gasteiger partial charge is 0.250 e. The fraction of sp³-hybridized carbons (Fsp3) is 0.0556. The molecule has 114 valence electrons. The first-order valence-corrected chi connectivity index (χ1v) is 8.15. The Kier molecular flexibility index (Phi) is 5.01. The summed E-state index contributed by atoms with van der Waals surface area (Å²) >= 11 is 1.39. The van der Waals surface area contributed by atoms with Crippen molar-refractivity contribution in [2.45, 2.75) is 5.03 Å². The third-order valence-corrected chi connectivity index (χ3v) is 4.06. The van der Waals surface area contributed by atoms with Crippen molar-refractivity contribution in [3.63, 3.8) is 0 Å². The first-order chi connectivity index (χ1) is 11.3. The Bertz CT molecular complexity index is 834. The normalized spacial score (nSPS) is 11.0. The number of para-hydroxylation sites is 1. The molecule has 1 heterocycles. The van der Waals surface area contributed by atoms with Crippen molar-refractivity contribution in [3.8, 4) is 0 Å². The van der Waals surface area contributed by atoms with Gasteiger partial charge in [-0.2, -0.15) is 5.10 Å². The Morgan fingerprint density at radius 1 is 1.04 bits per heavy atom. The monoisotopic (exact) mass is 321 g/mol. The molecule has 1 N–H and O–H groups in total. The summed E-state index contributed by atoms with van der Waals surface area (Å²) in [6.07, 6.45) is 1.62. The Hall–Kier alpha value is -2.66. The summed E-state index contributed by atoms with van der Waals surface area (Å²) < 4.78 is 0. The Labute approximate surface area is 138 Å². The van der Waals surface area contributed by atoms with E-state index in [1.54, 1.807) is 6.21 Å². The molecule has 0 bridgehead atoms. The van der Waals surface area contributed by atoms with Crippen LogP contribution in [0.2, 0.25) is 0 Å². The van der Waals surface area contributed by atoms with Crippen LogP contribution in [0.3, 0.4) is 0 Å². The zero-order chi connectivity index (χ0) is 15.9. The lowest BCUT2D eigenvalue weighted by molar-refractivity contribution is -0.118. The molecule has 1 aromatic heterocycles.